The Hall–Kier alpha value is -3.41. The Morgan fingerprint density at radius 3 is 2.67 bits per heavy atom. The monoisotopic (exact) mass is 457 g/mol. The van der Waals surface area contributed by atoms with Gasteiger partial charge in [0.1, 0.15) is 11.6 Å². The van der Waals surface area contributed by atoms with Crippen molar-refractivity contribution in [1.29, 1.82) is 0 Å². The molecule has 1 amide bonds. The molecule has 174 valence electrons. The Balaban J connectivity index is 1.60. The van der Waals surface area contributed by atoms with E-state index in [4.69, 9.17) is 25.1 Å². The molecule has 0 aliphatic carbocycles. The Kier molecular flexibility index (Phi) is 7.23. The van der Waals surface area contributed by atoms with Gasteiger partial charge in [-0.1, -0.05) is 0 Å². The molecule has 1 fully saturated rings. The zero-order chi connectivity index (χ0) is 23.2. The van der Waals surface area contributed by atoms with Crippen LogP contribution in [0.5, 0.6) is 6.01 Å². The molecule has 1 aliphatic rings. The SMILES string of the molecule is NC(=O)C1COC(Cc2nc(-c3ccc(F)cc3)c(-c3ccnc(OCCCO)n3)[nH]2)OC1. The van der Waals surface area contributed by atoms with Crippen LogP contribution in [0.25, 0.3) is 22.6 Å². The van der Waals surface area contributed by atoms with Crippen molar-refractivity contribution >= 4 is 5.91 Å². The van der Waals surface area contributed by atoms with Gasteiger partial charge in [0, 0.05) is 24.8 Å². The average molecular weight is 457 g/mol. The lowest BCUT2D eigenvalue weighted by molar-refractivity contribution is -0.199. The fourth-order valence-electron chi connectivity index (χ4n) is 3.28. The van der Waals surface area contributed by atoms with E-state index in [1.807, 2.05) is 0 Å². The average Bonchev–Trinajstić information content (AvgIpc) is 3.24. The van der Waals surface area contributed by atoms with Gasteiger partial charge in [-0.2, -0.15) is 4.98 Å². The van der Waals surface area contributed by atoms with Crippen molar-refractivity contribution in [3.05, 3.63) is 48.2 Å². The van der Waals surface area contributed by atoms with Crippen molar-refractivity contribution in [2.45, 2.75) is 19.1 Å². The number of carbonyl (C=O) groups is 1. The summed E-state index contributed by atoms with van der Waals surface area (Å²) in [7, 11) is 0. The van der Waals surface area contributed by atoms with Gasteiger partial charge in [0.25, 0.3) is 0 Å². The van der Waals surface area contributed by atoms with Crippen molar-refractivity contribution < 1.29 is 28.5 Å². The molecule has 1 aliphatic heterocycles. The van der Waals surface area contributed by atoms with Crippen LogP contribution in [0.3, 0.4) is 0 Å². The van der Waals surface area contributed by atoms with Gasteiger partial charge in [-0.3, -0.25) is 4.79 Å². The molecule has 0 atom stereocenters. The highest BCUT2D eigenvalue weighted by atomic mass is 19.1. The van der Waals surface area contributed by atoms with Crippen LogP contribution in [0.2, 0.25) is 0 Å². The largest absolute Gasteiger partial charge is 0.463 e. The number of aromatic nitrogens is 4. The van der Waals surface area contributed by atoms with E-state index in [0.717, 1.165) is 0 Å². The van der Waals surface area contributed by atoms with Gasteiger partial charge >= 0.3 is 6.01 Å². The third-order valence-electron chi connectivity index (χ3n) is 5.02. The number of aliphatic hydroxyl groups is 1. The zero-order valence-corrected chi connectivity index (χ0v) is 17.7. The smallest absolute Gasteiger partial charge is 0.316 e. The van der Waals surface area contributed by atoms with Crippen LogP contribution >= 0.6 is 0 Å². The number of aliphatic hydroxyl groups excluding tert-OH is 1. The van der Waals surface area contributed by atoms with Gasteiger partial charge < -0.3 is 30.0 Å². The fraction of sp³-hybridized carbons (Fsp3) is 0.364. The first kappa shape index (κ1) is 22.8. The minimum absolute atomic E-state index is 0.00378. The van der Waals surface area contributed by atoms with Crippen LogP contribution in [0.4, 0.5) is 4.39 Å². The van der Waals surface area contributed by atoms with Gasteiger partial charge in [0.05, 0.1) is 49.2 Å². The van der Waals surface area contributed by atoms with E-state index in [1.54, 1.807) is 24.4 Å². The van der Waals surface area contributed by atoms with E-state index in [-0.39, 0.29) is 38.3 Å². The minimum atomic E-state index is -0.594. The second-order valence-electron chi connectivity index (χ2n) is 7.46. The lowest BCUT2D eigenvalue weighted by Crippen LogP contribution is -2.40. The maximum absolute atomic E-state index is 13.5. The van der Waals surface area contributed by atoms with Crippen molar-refractivity contribution in [1.82, 2.24) is 19.9 Å². The highest BCUT2D eigenvalue weighted by molar-refractivity contribution is 5.77. The summed E-state index contributed by atoms with van der Waals surface area (Å²) in [6, 6.07) is 7.84. The normalized spacial score (nSPS) is 18.2. The fourth-order valence-corrected chi connectivity index (χ4v) is 3.28. The number of benzene rings is 1. The summed E-state index contributed by atoms with van der Waals surface area (Å²) in [5.74, 6) is -0.736. The van der Waals surface area contributed by atoms with E-state index < -0.39 is 18.1 Å². The summed E-state index contributed by atoms with van der Waals surface area (Å²) in [6.45, 7) is 0.642. The van der Waals surface area contributed by atoms with Crippen molar-refractivity contribution in [3.8, 4) is 28.7 Å². The third kappa shape index (κ3) is 5.69. The number of hydrogen-bond donors (Lipinski definition) is 3. The lowest BCUT2D eigenvalue weighted by atomic mass is 10.1. The van der Waals surface area contributed by atoms with Gasteiger partial charge in [0.2, 0.25) is 5.91 Å². The van der Waals surface area contributed by atoms with E-state index in [9.17, 15) is 9.18 Å². The number of nitrogens with one attached hydrogen (secondary N) is 1. The maximum Gasteiger partial charge on any atom is 0.316 e. The number of halogens is 1. The van der Waals surface area contributed by atoms with Crippen molar-refractivity contribution in [2.75, 3.05) is 26.4 Å². The first-order chi connectivity index (χ1) is 16.0. The molecule has 3 heterocycles. The molecule has 33 heavy (non-hydrogen) atoms. The summed E-state index contributed by atoms with van der Waals surface area (Å²) in [4.78, 5) is 27.7. The summed E-state index contributed by atoms with van der Waals surface area (Å²) < 4.78 is 30.2. The number of aromatic amines is 1. The van der Waals surface area contributed by atoms with Crippen LogP contribution in [0.1, 0.15) is 12.2 Å². The number of carbonyl (C=O) groups excluding carboxylic acids is 1. The molecular weight excluding hydrogens is 433 g/mol. The predicted octanol–water partition coefficient (Wildman–Crippen LogP) is 1.45. The number of imidazole rings is 1. The molecule has 3 aromatic rings. The number of H-pyrrole nitrogens is 1. The van der Waals surface area contributed by atoms with E-state index in [0.29, 0.717) is 41.3 Å². The molecule has 1 aromatic carbocycles. The zero-order valence-electron chi connectivity index (χ0n) is 17.7. The van der Waals surface area contributed by atoms with Crippen LogP contribution in [0.15, 0.2) is 36.5 Å². The molecular formula is C22H24FN5O5. The molecule has 2 aromatic heterocycles. The van der Waals surface area contributed by atoms with Crippen LogP contribution in [-0.2, 0) is 20.7 Å². The topological polar surface area (TPSA) is 145 Å². The molecule has 0 unspecified atom stereocenters. The van der Waals surface area contributed by atoms with Gasteiger partial charge in [-0.15, -0.1) is 0 Å². The molecule has 0 saturated carbocycles. The molecule has 0 bridgehead atoms. The molecule has 4 N–H and O–H groups in total. The minimum Gasteiger partial charge on any atom is -0.463 e. The highest BCUT2D eigenvalue weighted by Crippen LogP contribution is 2.30. The number of nitrogens with zero attached hydrogens (tertiary/aromatic N) is 3. The summed E-state index contributed by atoms with van der Waals surface area (Å²) in [5.41, 5.74) is 7.68. The van der Waals surface area contributed by atoms with Crippen molar-refractivity contribution in [2.24, 2.45) is 11.7 Å². The van der Waals surface area contributed by atoms with Crippen LogP contribution < -0.4 is 10.5 Å². The third-order valence-corrected chi connectivity index (χ3v) is 5.02. The Labute approximate surface area is 188 Å². The molecule has 10 nitrogen and oxygen atoms in total. The molecule has 0 radical (unpaired) electrons. The lowest BCUT2D eigenvalue weighted by Gasteiger charge is -2.27. The first-order valence-electron chi connectivity index (χ1n) is 10.5. The standard InChI is InChI=1S/C22H24FN5O5/c23-15-4-2-13(3-5-15)19-20(16-6-7-25-22(26-16)31-9-1-8-29)28-17(27-19)10-18-32-11-14(12-33-18)21(24)30/h2-7,14,18,29H,1,8-12H2,(H2,24,30)(H,27,28). The summed E-state index contributed by atoms with van der Waals surface area (Å²) in [5, 5.41) is 8.93. The molecule has 0 spiro atoms. The Morgan fingerprint density at radius 1 is 1.21 bits per heavy atom. The first-order valence-corrected chi connectivity index (χ1v) is 10.5. The molecule has 1 saturated heterocycles. The second kappa shape index (κ2) is 10.5. The number of hydrogen-bond acceptors (Lipinski definition) is 8. The number of amides is 1. The predicted molar refractivity (Wildman–Crippen MR) is 114 cm³/mol. The molecule has 11 heteroatoms. The van der Waals surface area contributed by atoms with Crippen LogP contribution in [-0.4, -0.2) is 63.7 Å². The summed E-state index contributed by atoms with van der Waals surface area (Å²) >= 11 is 0. The van der Waals surface area contributed by atoms with Gasteiger partial charge in [-0.05, 0) is 30.3 Å². The molecule has 4 rings (SSSR count). The highest BCUT2D eigenvalue weighted by Gasteiger charge is 2.27. The van der Waals surface area contributed by atoms with E-state index in [2.05, 4.69) is 19.9 Å². The van der Waals surface area contributed by atoms with Gasteiger partial charge in [0.15, 0.2) is 6.29 Å². The number of rotatable bonds is 9. The van der Waals surface area contributed by atoms with E-state index >= 15 is 0 Å². The summed E-state index contributed by atoms with van der Waals surface area (Å²) in [6.07, 6.45) is 1.72. The number of primary amides is 1. The Bertz CT molecular complexity index is 1080. The number of ether oxygens (including phenoxy) is 3. The quantitative estimate of drug-likeness (QED) is 0.409. The van der Waals surface area contributed by atoms with Crippen molar-refractivity contribution in [3.63, 3.8) is 0 Å². The number of nitrogens with two attached hydrogens (primary N) is 1. The maximum atomic E-state index is 13.5. The van der Waals surface area contributed by atoms with Gasteiger partial charge in [-0.25, -0.2) is 14.4 Å². The van der Waals surface area contributed by atoms with Crippen LogP contribution in [0, 0.1) is 11.7 Å². The Morgan fingerprint density at radius 2 is 1.97 bits per heavy atom. The second-order valence-corrected chi connectivity index (χ2v) is 7.46. The van der Waals surface area contributed by atoms with E-state index in [1.165, 1.54) is 12.1 Å².